The van der Waals surface area contributed by atoms with Crippen molar-refractivity contribution in [2.75, 3.05) is 37.7 Å². The molecule has 9 nitrogen and oxygen atoms in total. The van der Waals surface area contributed by atoms with E-state index in [1.807, 2.05) is 0 Å². The molecule has 10 heteroatoms. The number of rotatable bonds is 11. The Bertz CT molecular complexity index is 2580. The molecule has 0 saturated heterocycles. The molecule has 0 aliphatic carbocycles. The number of halogens is 1. The predicted octanol–water partition coefficient (Wildman–Crippen LogP) is 6.24. The molecule has 0 fully saturated rings. The van der Waals surface area contributed by atoms with E-state index < -0.39 is 155 Å². The molecule has 4 aromatic rings. The number of likely N-dealkylation sites (N-methyl/N-ethyl adjacent to an activating group) is 1. The molecule has 0 aliphatic heterocycles. The molecular formula is C31H31ClN6O3. The van der Waals surface area contributed by atoms with Gasteiger partial charge in [-0.15, -0.1) is 0 Å². The highest BCUT2D eigenvalue weighted by Crippen LogP contribution is 2.37. The number of nitrogens with one attached hydrogen (secondary N) is 2. The summed E-state index contributed by atoms with van der Waals surface area (Å²) in [5.41, 5.74) is -5.25. The van der Waals surface area contributed by atoms with Gasteiger partial charge in [0.2, 0.25) is 5.91 Å². The summed E-state index contributed by atoms with van der Waals surface area (Å²) in [4.78, 5) is 21.3. The second kappa shape index (κ2) is 13.6. The molecule has 0 atom stereocenters. The summed E-state index contributed by atoms with van der Waals surface area (Å²) in [6.07, 6.45) is -0.937. The largest absolute Gasteiger partial charge is 0.492 e. The van der Waals surface area contributed by atoms with Crippen LogP contribution in [0.4, 0.5) is 17.1 Å². The monoisotopic (exact) mass is 591 g/mol. The van der Waals surface area contributed by atoms with E-state index >= 15 is 0 Å². The first-order chi connectivity index (χ1) is 28.1. The van der Waals surface area contributed by atoms with Crippen LogP contribution in [0, 0.1) is 18.3 Å². The molecule has 2 aromatic heterocycles. The van der Waals surface area contributed by atoms with Crippen LogP contribution in [0.15, 0.2) is 66.6 Å². The van der Waals surface area contributed by atoms with E-state index in [0.29, 0.717) is 0 Å². The van der Waals surface area contributed by atoms with Gasteiger partial charge in [-0.05, 0) is 64.1 Å². The van der Waals surface area contributed by atoms with Gasteiger partial charge in [-0.3, -0.25) is 14.8 Å². The third-order valence-electron chi connectivity index (χ3n) is 4.57. The number of hydrogen-bond donors (Lipinski definition) is 2. The maximum absolute atomic E-state index is 13.6. The van der Waals surface area contributed by atoms with Crippen LogP contribution in [-0.2, 0) is 11.4 Å². The zero-order chi connectivity index (χ0) is 47.7. The van der Waals surface area contributed by atoms with E-state index in [-0.39, 0.29) is 15.9 Å². The number of aromatic nitrogens is 2. The number of benzene rings is 2. The fourth-order valence-corrected chi connectivity index (χ4v) is 3.14. The Labute approximate surface area is 273 Å². The second-order valence-electron chi connectivity index (χ2n) is 7.52. The Morgan fingerprint density at radius 2 is 2.17 bits per heavy atom. The normalized spacial score (nSPS) is 20.2. The highest BCUT2D eigenvalue weighted by molar-refractivity contribution is 6.32. The van der Waals surface area contributed by atoms with Gasteiger partial charge in [0.1, 0.15) is 24.1 Å². The molecule has 0 unspecified atom stereocenters. The molecule has 4 rings (SSSR count). The van der Waals surface area contributed by atoms with E-state index in [4.69, 9.17) is 49.9 Å². The standard InChI is InChI=1S/C31H31ClN6O3/c1-5-40-29-16-26-24(15-27(29)37-30(39)10-7-13-38(3)4)31(21(17-33)18-34-26)36-22-11-12-28(25(32)14-22)41-19-23-9-6-8-20(2)35-23/h6-12,14-16,18H,5,13,19H2,1-4H3,(H,34,36)(H,37,39)/b10-7+/i3D3,5D2,6D,7D,8D,9D,10D,11D,12D,13D2,14D,15D,16D,18D,19D2/hD. The van der Waals surface area contributed by atoms with Crippen LogP contribution >= 0.6 is 11.6 Å². The quantitative estimate of drug-likeness (QED) is 0.197. The van der Waals surface area contributed by atoms with Crippen LogP contribution in [0.5, 0.6) is 11.5 Å². The molecule has 0 saturated carbocycles. The summed E-state index contributed by atoms with van der Waals surface area (Å²) in [6.45, 7) is -10.4. The maximum atomic E-state index is 13.6. The van der Waals surface area contributed by atoms with Gasteiger partial charge >= 0.3 is 0 Å². The van der Waals surface area contributed by atoms with Gasteiger partial charge in [0.15, 0.2) is 1.41 Å². The molecule has 210 valence electrons. The fraction of sp³-hybridized carbons (Fsp3) is 0.226. The molecule has 1 amide bonds. The summed E-state index contributed by atoms with van der Waals surface area (Å²) in [5.74, 6) is -3.99. The molecule has 0 aliphatic rings. The van der Waals surface area contributed by atoms with Crippen LogP contribution in [-0.4, -0.2) is 47.9 Å². The summed E-state index contributed by atoms with van der Waals surface area (Å²) in [5, 5.41) is 10.6. The molecule has 0 bridgehead atoms. The first-order valence-corrected chi connectivity index (χ1v) is 11.5. The van der Waals surface area contributed by atoms with Gasteiger partial charge in [0, 0.05) is 48.4 Å². The molecule has 2 aromatic carbocycles. The van der Waals surface area contributed by atoms with Crippen LogP contribution in [0.2, 0.25) is 6.43 Å². The topological polar surface area (TPSA) is 112 Å². The van der Waals surface area contributed by atoms with Crippen LogP contribution in [0.1, 0.15) is 51.3 Å². The number of fused-ring (bicyclic) bond motifs is 1. The third-order valence-corrected chi connectivity index (χ3v) is 4.83. The molecular weight excluding hydrogens is 540 g/mol. The fourth-order valence-electron chi connectivity index (χ4n) is 2.96. The minimum atomic E-state index is -3.34. The Morgan fingerprint density at radius 1 is 1.32 bits per heavy atom. The average Bonchev–Trinajstić information content (AvgIpc) is 3.17. The minimum Gasteiger partial charge on any atom is -0.492 e. The van der Waals surface area contributed by atoms with Crippen LogP contribution in [0.25, 0.3) is 10.9 Å². The first kappa shape index (κ1) is 12.5. The van der Waals surface area contributed by atoms with Crippen molar-refractivity contribution >= 4 is 45.5 Å². The first-order valence-electron chi connectivity index (χ1n) is 21.6. The van der Waals surface area contributed by atoms with E-state index in [1.54, 1.807) is 6.07 Å². The zero-order valence-electron chi connectivity index (χ0n) is 42.3. The number of ether oxygens (including phenoxy) is 2. The number of carbonyl (C=O) groups excluding carboxylic acids is 1. The number of nitrogens with zero attached hydrogens (tertiary/aromatic N) is 4. The number of carbonyl (C=O) groups is 1. The Hall–Kier alpha value is -4.65. The van der Waals surface area contributed by atoms with Crippen molar-refractivity contribution in [3.8, 4) is 17.6 Å². The van der Waals surface area contributed by atoms with Gasteiger partial charge in [0.05, 0.1) is 60.3 Å². The van der Waals surface area contributed by atoms with Crippen molar-refractivity contribution in [2.24, 2.45) is 0 Å². The number of anilines is 3. The van der Waals surface area contributed by atoms with Crippen LogP contribution in [0.3, 0.4) is 0 Å². The lowest BCUT2D eigenvalue weighted by molar-refractivity contribution is -0.111. The van der Waals surface area contributed by atoms with Gasteiger partial charge < -0.3 is 25.0 Å². The van der Waals surface area contributed by atoms with Gasteiger partial charge in [-0.1, -0.05) is 23.7 Å². The highest BCUT2D eigenvalue weighted by Gasteiger charge is 2.16. The SMILES string of the molecule is [2H]/C(C(=O)N([2H])c1c(OC([2H])([2H])C)c([2H])c2nc([2H])c(C#N)c(Nc3c([2H])c([2H])c(OC([2H])([2H])c4nc(C)c([2H])c([2H])c4[2H])c(Cl)c3[2H])c2c1[2H])=C(/[2H])C([2H])([2H])N(C)C([2H])([2H])[2H]. The second-order valence-corrected chi connectivity index (χ2v) is 7.90. The smallest absolute Gasteiger partial charge is 0.248 e. The van der Waals surface area contributed by atoms with Gasteiger partial charge in [-0.25, -0.2) is 0 Å². The number of hydrogen-bond acceptors (Lipinski definition) is 8. The van der Waals surface area contributed by atoms with E-state index in [0.717, 1.165) is 14.0 Å². The van der Waals surface area contributed by atoms with Crippen molar-refractivity contribution in [3.05, 3.63) is 88.6 Å². The third kappa shape index (κ3) is 7.72. The van der Waals surface area contributed by atoms with Crippen molar-refractivity contribution in [3.63, 3.8) is 0 Å². The molecule has 0 radical (unpaired) electrons. The lowest BCUT2D eigenvalue weighted by Gasteiger charge is -2.16. The summed E-state index contributed by atoms with van der Waals surface area (Å²) < 4.78 is 184. The Kier molecular flexibility index (Phi) is 4.14. The Balaban J connectivity index is 2.03. The Morgan fingerprint density at radius 3 is 2.95 bits per heavy atom. The molecule has 2 heterocycles. The summed E-state index contributed by atoms with van der Waals surface area (Å²) in [6, 6.07) is -8.85. The average molecular weight is 592 g/mol. The highest BCUT2D eigenvalue weighted by atomic mass is 35.5. The van der Waals surface area contributed by atoms with Crippen molar-refractivity contribution in [1.29, 1.82) is 5.26 Å². The van der Waals surface area contributed by atoms with E-state index in [9.17, 15) is 10.1 Å². The van der Waals surface area contributed by atoms with E-state index in [1.165, 1.54) is 6.92 Å². The lowest BCUT2D eigenvalue weighted by Crippen LogP contribution is -2.13. The molecule has 2 N–H and O–H groups in total. The number of pyridine rings is 2. The van der Waals surface area contributed by atoms with Crippen molar-refractivity contribution < 1.29 is 43.1 Å². The number of amides is 1. The number of nitriles is 1. The van der Waals surface area contributed by atoms with Gasteiger partial charge in [-0.2, -0.15) is 5.26 Å². The van der Waals surface area contributed by atoms with E-state index in [2.05, 4.69) is 15.3 Å². The molecule has 41 heavy (non-hydrogen) atoms. The van der Waals surface area contributed by atoms with Gasteiger partial charge in [0.25, 0.3) is 0 Å². The molecule has 0 spiro atoms. The van der Waals surface area contributed by atoms with Crippen molar-refractivity contribution in [1.82, 2.24) is 14.9 Å². The van der Waals surface area contributed by atoms with Crippen molar-refractivity contribution in [2.45, 2.75) is 20.4 Å². The summed E-state index contributed by atoms with van der Waals surface area (Å²) in [7, 11) is 0.722. The minimum absolute atomic E-state index is 0.0413. The number of aryl methyl sites for hydroxylation is 1. The summed E-state index contributed by atoms with van der Waals surface area (Å²) >= 11 is 6.40. The predicted molar refractivity (Wildman–Crippen MR) is 162 cm³/mol. The van der Waals surface area contributed by atoms with Crippen LogP contribution < -0.4 is 20.1 Å². The zero-order valence-corrected chi connectivity index (χ0v) is 22.1. The maximum Gasteiger partial charge on any atom is 0.248 e. The lowest BCUT2D eigenvalue weighted by atomic mass is 10.1.